The lowest BCUT2D eigenvalue weighted by Crippen LogP contribution is -2.08. The Balaban J connectivity index is 1.99. The molecule has 3 heterocycles. The van der Waals surface area contributed by atoms with Gasteiger partial charge in [-0.1, -0.05) is 11.6 Å². The first-order valence-electron chi connectivity index (χ1n) is 8.50. The molecule has 3 aromatic heterocycles. The Bertz CT molecular complexity index is 1050. The predicted octanol–water partition coefficient (Wildman–Crippen LogP) is 3.65. The summed E-state index contributed by atoms with van der Waals surface area (Å²) >= 11 is 5.84. The molecule has 0 amide bonds. The van der Waals surface area contributed by atoms with Crippen LogP contribution in [0.1, 0.15) is 41.9 Å². The molecule has 0 spiro atoms. The van der Waals surface area contributed by atoms with E-state index in [4.69, 9.17) is 21.1 Å². The van der Waals surface area contributed by atoms with Gasteiger partial charge in [0.05, 0.1) is 19.4 Å². The van der Waals surface area contributed by atoms with Crippen LogP contribution in [-0.2, 0) is 4.74 Å². The number of pyridine rings is 1. The molecule has 1 saturated carbocycles. The number of aromatic nitrogens is 4. The summed E-state index contributed by atoms with van der Waals surface area (Å²) in [7, 11) is 1.57. The number of hydrogen-bond acceptors (Lipinski definition) is 6. The van der Waals surface area contributed by atoms with Gasteiger partial charge in [0.15, 0.2) is 22.3 Å². The molecule has 3 aromatic rings. The van der Waals surface area contributed by atoms with Crippen LogP contribution in [-0.4, -0.2) is 39.3 Å². The van der Waals surface area contributed by atoms with Crippen molar-refractivity contribution >= 4 is 23.2 Å². The molecule has 0 aromatic carbocycles. The van der Waals surface area contributed by atoms with Crippen LogP contribution >= 0.6 is 11.6 Å². The molecule has 1 aliphatic rings. The number of carbonyl (C=O) groups is 1. The fourth-order valence-electron chi connectivity index (χ4n) is 2.90. The van der Waals surface area contributed by atoms with Gasteiger partial charge >= 0.3 is 5.97 Å². The van der Waals surface area contributed by atoms with E-state index in [9.17, 15) is 9.18 Å². The van der Waals surface area contributed by atoms with Crippen LogP contribution in [0.5, 0.6) is 5.75 Å². The Morgan fingerprint density at radius 3 is 2.78 bits per heavy atom. The van der Waals surface area contributed by atoms with E-state index >= 15 is 0 Å². The van der Waals surface area contributed by atoms with E-state index in [1.54, 1.807) is 20.1 Å². The van der Waals surface area contributed by atoms with Gasteiger partial charge in [-0.2, -0.15) is 5.10 Å². The van der Waals surface area contributed by atoms with E-state index in [2.05, 4.69) is 15.1 Å². The minimum atomic E-state index is -0.653. The summed E-state index contributed by atoms with van der Waals surface area (Å²) in [5, 5.41) is 4.35. The Labute approximate surface area is 159 Å². The number of carbonyl (C=O) groups excluding carboxylic acids is 1. The Morgan fingerprint density at radius 2 is 2.15 bits per heavy atom. The zero-order valence-corrected chi connectivity index (χ0v) is 15.5. The second-order valence-electron chi connectivity index (χ2n) is 6.14. The number of rotatable bonds is 5. The van der Waals surface area contributed by atoms with Crippen molar-refractivity contribution in [3.63, 3.8) is 0 Å². The normalized spacial score (nSPS) is 13.8. The molecule has 0 bridgehead atoms. The third kappa shape index (κ3) is 3.10. The predicted molar refractivity (Wildman–Crippen MR) is 95.7 cm³/mol. The average molecular weight is 391 g/mol. The van der Waals surface area contributed by atoms with Crippen molar-refractivity contribution in [2.75, 3.05) is 13.7 Å². The van der Waals surface area contributed by atoms with Crippen molar-refractivity contribution in [1.82, 2.24) is 19.6 Å². The zero-order valence-electron chi connectivity index (χ0n) is 14.7. The van der Waals surface area contributed by atoms with Crippen LogP contribution in [0.2, 0.25) is 5.15 Å². The molecule has 7 nitrogen and oxygen atoms in total. The molecule has 0 aliphatic heterocycles. The van der Waals surface area contributed by atoms with Gasteiger partial charge in [-0.15, -0.1) is 0 Å². The molecule has 140 valence electrons. The molecule has 0 saturated heterocycles. The van der Waals surface area contributed by atoms with E-state index in [0.717, 1.165) is 18.5 Å². The van der Waals surface area contributed by atoms with E-state index in [1.165, 1.54) is 16.6 Å². The maximum atomic E-state index is 13.6. The summed E-state index contributed by atoms with van der Waals surface area (Å²) in [4.78, 5) is 20.9. The van der Waals surface area contributed by atoms with Crippen molar-refractivity contribution in [3.8, 4) is 17.1 Å². The number of imidazole rings is 1. The second kappa shape index (κ2) is 6.77. The number of fused-ring (bicyclic) bond motifs is 1. The van der Waals surface area contributed by atoms with Gasteiger partial charge in [0.2, 0.25) is 0 Å². The Kier molecular flexibility index (Phi) is 4.43. The van der Waals surface area contributed by atoms with Crippen LogP contribution in [0.25, 0.3) is 17.0 Å². The number of nitrogens with zero attached hydrogens (tertiary/aromatic N) is 4. The average Bonchev–Trinajstić information content (AvgIpc) is 3.43. The lowest BCUT2D eigenvalue weighted by molar-refractivity contribution is 0.0521. The van der Waals surface area contributed by atoms with Gasteiger partial charge in [-0.3, -0.25) is 0 Å². The lowest BCUT2D eigenvalue weighted by atomic mass is 10.2. The quantitative estimate of drug-likeness (QED) is 0.489. The standard InChI is InChI=1S/C18H16ClFN4O3/c1-3-27-18(25)15-16(11-7-6-10(20)17(19)21-11)24-13(22-15)8-12(26-2)14(23-24)9-4-5-9/h6-9H,3-5H2,1-2H3. The molecule has 0 radical (unpaired) electrons. The van der Waals surface area contributed by atoms with Crippen LogP contribution < -0.4 is 4.74 Å². The number of esters is 1. The first-order valence-corrected chi connectivity index (χ1v) is 8.88. The van der Waals surface area contributed by atoms with Gasteiger partial charge in [-0.25, -0.2) is 23.7 Å². The van der Waals surface area contributed by atoms with E-state index in [1.807, 2.05) is 0 Å². The third-order valence-electron chi connectivity index (χ3n) is 4.30. The van der Waals surface area contributed by atoms with Crippen LogP contribution in [0.3, 0.4) is 0 Å². The molecule has 9 heteroatoms. The summed E-state index contributed by atoms with van der Waals surface area (Å²) in [5.74, 6) is -0.357. The van der Waals surface area contributed by atoms with Crippen molar-refractivity contribution < 1.29 is 18.7 Å². The smallest absolute Gasteiger partial charge is 0.359 e. The van der Waals surface area contributed by atoms with Crippen LogP contribution in [0, 0.1) is 5.82 Å². The number of halogens is 2. The van der Waals surface area contributed by atoms with Gasteiger partial charge in [0, 0.05) is 12.0 Å². The topological polar surface area (TPSA) is 78.6 Å². The van der Waals surface area contributed by atoms with Gasteiger partial charge < -0.3 is 9.47 Å². The first-order chi connectivity index (χ1) is 13.0. The molecular formula is C18H16ClFN4O3. The van der Waals surface area contributed by atoms with Crippen LogP contribution in [0.4, 0.5) is 4.39 Å². The summed E-state index contributed by atoms with van der Waals surface area (Å²) < 4.78 is 25.6. The molecule has 27 heavy (non-hydrogen) atoms. The van der Waals surface area contributed by atoms with Gasteiger partial charge in [-0.05, 0) is 31.9 Å². The number of methoxy groups -OCH3 is 1. The maximum absolute atomic E-state index is 13.6. The highest BCUT2D eigenvalue weighted by molar-refractivity contribution is 6.29. The second-order valence-corrected chi connectivity index (χ2v) is 6.50. The highest BCUT2D eigenvalue weighted by Crippen LogP contribution is 2.43. The van der Waals surface area contributed by atoms with Crippen molar-refractivity contribution in [2.45, 2.75) is 25.7 Å². The zero-order chi connectivity index (χ0) is 19.1. The van der Waals surface area contributed by atoms with E-state index in [-0.39, 0.29) is 23.1 Å². The molecule has 0 N–H and O–H groups in total. The van der Waals surface area contributed by atoms with Gasteiger partial charge in [0.25, 0.3) is 0 Å². The summed E-state index contributed by atoms with van der Waals surface area (Å²) in [5.41, 5.74) is 1.80. The Hall–Kier alpha value is -2.74. The van der Waals surface area contributed by atoms with E-state index < -0.39 is 11.8 Å². The summed E-state index contributed by atoms with van der Waals surface area (Å²) in [6.07, 6.45) is 2.04. The summed E-state index contributed by atoms with van der Waals surface area (Å²) in [6, 6.07) is 4.33. The van der Waals surface area contributed by atoms with Crippen molar-refractivity contribution in [1.29, 1.82) is 0 Å². The molecule has 0 unspecified atom stereocenters. The van der Waals surface area contributed by atoms with Gasteiger partial charge in [0.1, 0.15) is 17.1 Å². The fraction of sp³-hybridized carbons (Fsp3) is 0.333. The highest BCUT2D eigenvalue weighted by Gasteiger charge is 2.31. The molecule has 1 fully saturated rings. The third-order valence-corrected chi connectivity index (χ3v) is 4.56. The summed E-state index contributed by atoms with van der Waals surface area (Å²) in [6.45, 7) is 1.89. The molecular weight excluding hydrogens is 375 g/mol. The molecule has 1 aliphatic carbocycles. The van der Waals surface area contributed by atoms with Crippen molar-refractivity contribution in [2.24, 2.45) is 0 Å². The number of ether oxygens (including phenoxy) is 2. The Morgan fingerprint density at radius 1 is 1.37 bits per heavy atom. The largest absolute Gasteiger partial charge is 0.495 e. The SMILES string of the molecule is CCOC(=O)c1nc2cc(OC)c(C3CC3)nn2c1-c1ccc(F)c(Cl)n1. The first kappa shape index (κ1) is 17.7. The maximum Gasteiger partial charge on any atom is 0.359 e. The lowest BCUT2D eigenvalue weighted by Gasteiger charge is -2.09. The fourth-order valence-corrected chi connectivity index (χ4v) is 3.05. The molecule has 0 atom stereocenters. The minimum Gasteiger partial charge on any atom is -0.495 e. The van der Waals surface area contributed by atoms with Crippen LogP contribution in [0.15, 0.2) is 18.2 Å². The van der Waals surface area contributed by atoms with E-state index in [0.29, 0.717) is 23.0 Å². The number of hydrogen-bond donors (Lipinski definition) is 0. The molecule has 4 rings (SSSR count). The van der Waals surface area contributed by atoms with Crippen molar-refractivity contribution in [3.05, 3.63) is 40.6 Å². The minimum absolute atomic E-state index is 0.0366. The monoisotopic (exact) mass is 390 g/mol. The highest BCUT2D eigenvalue weighted by atomic mass is 35.5.